The summed E-state index contributed by atoms with van der Waals surface area (Å²) in [7, 11) is -3.71. The van der Waals surface area contributed by atoms with Gasteiger partial charge in [-0.1, -0.05) is 17.7 Å². The Hall–Kier alpha value is -3.85. The molecule has 9 heteroatoms. The molecule has 1 aliphatic heterocycles. The SMILES string of the molecule is Cc1ccc(S(=O)(=O)Nc2ccc(C(=O)N/N=C\c3ccc4c(c3)OCO4)cc2)cc1. The number of anilines is 1. The molecule has 158 valence electrons. The molecule has 1 amide bonds. The Balaban J connectivity index is 1.37. The predicted octanol–water partition coefficient (Wildman–Crippen LogP) is 3.29. The van der Waals surface area contributed by atoms with Gasteiger partial charge >= 0.3 is 0 Å². The van der Waals surface area contributed by atoms with Crippen molar-refractivity contribution in [3.8, 4) is 11.5 Å². The molecule has 3 aromatic carbocycles. The fourth-order valence-electron chi connectivity index (χ4n) is 2.84. The summed E-state index contributed by atoms with van der Waals surface area (Å²) in [6.07, 6.45) is 1.49. The molecule has 0 spiro atoms. The van der Waals surface area contributed by atoms with Crippen molar-refractivity contribution in [2.24, 2.45) is 5.10 Å². The number of benzene rings is 3. The number of hydrogen-bond donors (Lipinski definition) is 2. The van der Waals surface area contributed by atoms with Crippen LogP contribution in [0.3, 0.4) is 0 Å². The normalized spacial score (nSPS) is 12.7. The van der Waals surface area contributed by atoms with Crippen LogP contribution in [-0.4, -0.2) is 27.3 Å². The van der Waals surface area contributed by atoms with E-state index in [4.69, 9.17) is 9.47 Å². The van der Waals surface area contributed by atoms with Crippen LogP contribution in [0.5, 0.6) is 11.5 Å². The lowest BCUT2D eigenvalue weighted by molar-refractivity contribution is 0.0955. The molecule has 0 aliphatic carbocycles. The number of aryl methyl sites for hydroxylation is 1. The first-order valence-electron chi connectivity index (χ1n) is 9.33. The summed E-state index contributed by atoms with van der Waals surface area (Å²) in [5, 5.41) is 3.94. The van der Waals surface area contributed by atoms with Crippen LogP contribution in [0.15, 0.2) is 76.7 Å². The minimum atomic E-state index is -3.71. The van der Waals surface area contributed by atoms with E-state index in [2.05, 4.69) is 15.2 Å². The van der Waals surface area contributed by atoms with Crippen LogP contribution in [0.1, 0.15) is 21.5 Å². The number of ether oxygens (including phenoxy) is 2. The molecule has 4 rings (SSSR count). The molecule has 31 heavy (non-hydrogen) atoms. The average Bonchev–Trinajstić information content (AvgIpc) is 3.22. The highest BCUT2D eigenvalue weighted by Crippen LogP contribution is 2.31. The Labute approximate surface area is 179 Å². The van der Waals surface area contributed by atoms with Gasteiger partial charge in [0, 0.05) is 11.3 Å². The van der Waals surface area contributed by atoms with Crippen molar-refractivity contribution in [3.63, 3.8) is 0 Å². The molecule has 8 nitrogen and oxygen atoms in total. The number of sulfonamides is 1. The van der Waals surface area contributed by atoms with E-state index >= 15 is 0 Å². The summed E-state index contributed by atoms with van der Waals surface area (Å²) in [5.74, 6) is 0.864. The Kier molecular flexibility index (Phi) is 5.59. The van der Waals surface area contributed by atoms with Crippen molar-refractivity contribution in [2.75, 3.05) is 11.5 Å². The first kappa shape index (κ1) is 20.4. The molecule has 1 aliphatic rings. The lowest BCUT2D eigenvalue weighted by atomic mass is 10.2. The standard InChI is InChI=1S/C22H19N3O5S/c1-15-2-9-19(10-3-15)31(27,28)25-18-7-5-17(6-8-18)22(26)24-23-13-16-4-11-20-21(12-16)30-14-29-20/h2-13,25H,14H2,1H3,(H,24,26)/b23-13-. The van der Waals surface area contributed by atoms with Gasteiger partial charge in [-0.15, -0.1) is 0 Å². The maximum Gasteiger partial charge on any atom is 0.271 e. The zero-order chi connectivity index (χ0) is 21.8. The van der Waals surface area contributed by atoms with Crippen LogP contribution in [0.2, 0.25) is 0 Å². The lowest BCUT2D eigenvalue weighted by Crippen LogP contribution is -2.18. The molecular weight excluding hydrogens is 418 g/mol. The van der Waals surface area contributed by atoms with Crippen molar-refractivity contribution in [1.82, 2.24) is 5.43 Å². The number of rotatable bonds is 6. The van der Waals surface area contributed by atoms with E-state index in [0.717, 1.165) is 11.1 Å². The second-order valence-electron chi connectivity index (χ2n) is 6.81. The zero-order valence-corrected chi connectivity index (χ0v) is 17.3. The molecule has 2 N–H and O–H groups in total. The average molecular weight is 437 g/mol. The topological polar surface area (TPSA) is 106 Å². The third-order valence-electron chi connectivity index (χ3n) is 4.51. The zero-order valence-electron chi connectivity index (χ0n) is 16.5. The third kappa shape index (κ3) is 4.84. The summed E-state index contributed by atoms with van der Waals surface area (Å²) < 4.78 is 37.9. The maximum atomic E-state index is 12.5. The summed E-state index contributed by atoms with van der Waals surface area (Å²) in [5.41, 5.74) is 4.83. The minimum absolute atomic E-state index is 0.165. The monoisotopic (exact) mass is 437 g/mol. The van der Waals surface area contributed by atoms with Gasteiger partial charge in [0.1, 0.15) is 0 Å². The Morgan fingerprint density at radius 1 is 0.968 bits per heavy atom. The third-order valence-corrected chi connectivity index (χ3v) is 5.90. The van der Waals surface area contributed by atoms with Gasteiger partial charge in [-0.25, -0.2) is 13.8 Å². The number of nitrogens with zero attached hydrogens (tertiary/aromatic N) is 1. The van der Waals surface area contributed by atoms with Crippen LogP contribution in [0.4, 0.5) is 5.69 Å². The molecule has 0 saturated heterocycles. The summed E-state index contributed by atoms with van der Waals surface area (Å²) in [6, 6.07) is 17.9. The lowest BCUT2D eigenvalue weighted by Gasteiger charge is -2.09. The fourth-order valence-corrected chi connectivity index (χ4v) is 3.90. The number of carbonyl (C=O) groups excluding carboxylic acids is 1. The van der Waals surface area contributed by atoms with Gasteiger partial charge in [0.2, 0.25) is 6.79 Å². The molecule has 1 heterocycles. The second kappa shape index (κ2) is 8.49. The van der Waals surface area contributed by atoms with Gasteiger partial charge in [0.25, 0.3) is 15.9 Å². The first-order chi connectivity index (χ1) is 14.9. The molecule has 0 radical (unpaired) electrons. The van der Waals surface area contributed by atoms with Gasteiger partial charge in [-0.2, -0.15) is 5.10 Å². The number of carbonyl (C=O) groups is 1. The second-order valence-corrected chi connectivity index (χ2v) is 8.49. The number of hydrazone groups is 1. The highest BCUT2D eigenvalue weighted by Gasteiger charge is 2.15. The highest BCUT2D eigenvalue weighted by molar-refractivity contribution is 7.92. The smallest absolute Gasteiger partial charge is 0.271 e. The van der Waals surface area contributed by atoms with Crippen molar-refractivity contribution >= 4 is 27.8 Å². The largest absolute Gasteiger partial charge is 0.454 e. The van der Waals surface area contributed by atoms with Crippen molar-refractivity contribution in [2.45, 2.75) is 11.8 Å². The van der Waals surface area contributed by atoms with E-state index in [9.17, 15) is 13.2 Å². The minimum Gasteiger partial charge on any atom is -0.454 e. The van der Waals surface area contributed by atoms with E-state index in [1.165, 1.54) is 42.6 Å². The van der Waals surface area contributed by atoms with E-state index in [1.807, 2.05) is 6.92 Å². The van der Waals surface area contributed by atoms with E-state index < -0.39 is 15.9 Å². The molecular formula is C22H19N3O5S. The molecule has 0 bridgehead atoms. The Morgan fingerprint density at radius 2 is 1.68 bits per heavy atom. The number of amides is 1. The quantitative estimate of drug-likeness (QED) is 0.455. The molecule has 0 unspecified atom stereocenters. The van der Waals surface area contributed by atoms with Gasteiger partial charge < -0.3 is 9.47 Å². The van der Waals surface area contributed by atoms with E-state index in [0.29, 0.717) is 22.7 Å². The first-order valence-corrected chi connectivity index (χ1v) is 10.8. The van der Waals surface area contributed by atoms with Crippen LogP contribution < -0.4 is 19.6 Å². The molecule has 0 aromatic heterocycles. The molecule has 0 atom stereocenters. The van der Waals surface area contributed by atoms with Gasteiger partial charge in [0.05, 0.1) is 11.1 Å². The van der Waals surface area contributed by atoms with Crippen LogP contribution in [0.25, 0.3) is 0 Å². The van der Waals surface area contributed by atoms with Gasteiger partial charge in [0.15, 0.2) is 11.5 Å². The maximum absolute atomic E-state index is 12.5. The predicted molar refractivity (Wildman–Crippen MR) is 116 cm³/mol. The number of nitrogens with one attached hydrogen (secondary N) is 2. The van der Waals surface area contributed by atoms with Crippen LogP contribution in [0, 0.1) is 6.92 Å². The van der Waals surface area contributed by atoms with Gasteiger partial charge in [-0.3, -0.25) is 9.52 Å². The van der Waals surface area contributed by atoms with Gasteiger partial charge in [-0.05, 0) is 67.1 Å². The van der Waals surface area contributed by atoms with E-state index in [-0.39, 0.29) is 11.7 Å². The van der Waals surface area contributed by atoms with Crippen molar-refractivity contribution < 1.29 is 22.7 Å². The summed E-state index contributed by atoms with van der Waals surface area (Å²) in [4.78, 5) is 12.4. The van der Waals surface area contributed by atoms with Crippen LogP contribution in [-0.2, 0) is 10.0 Å². The van der Waals surface area contributed by atoms with Crippen molar-refractivity contribution in [1.29, 1.82) is 0 Å². The highest BCUT2D eigenvalue weighted by atomic mass is 32.2. The summed E-state index contributed by atoms with van der Waals surface area (Å²) in [6.45, 7) is 2.07. The summed E-state index contributed by atoms with van der Waals surface area (Å²) >= 11 is 0. The fraction of sp³-hybridized carbons (Fsp3) is 0.0909. The molecule has 3 aromatic rings. The van der Waals surface area contributed by atoms with Crippen molar-refractivity contribution in [3.05, 3.63) is 83.4 Å². The Morgan fingerprint density at radius 3 is 2.42 bits per heavy atom. The van der Waals surface area contributed by atoms with Crippen LogP contribution >= 0.6 is 0 Å². The Bertz CT molecular complexity index is 1240. The number of fused-ring (bicyclic) bond motifs is 1. The molecule has 0 fully saturated rings. The number of hydrogen-bond acceptors (Lipinski definition) is 6. The molecule has 0 saturated carbocycles. The van der Waals surface area contributed by atoms with E-state index in [1.54, 1.807) is 30.3 Å².